The molecule has 0 N–H and O–H groups in total. The quantitative estimate of drug-likeness (QED) is 0.223. The molecule has 0 aromatic heterocycles. The number of allylic oxidation sites excluding steroid dienone is 3. The third kappa shape index (κ3) is 5.25. The zero-order valence-electron chi connectivity index (χ0n) is 22.6. The lowest BCUT2D eigenvalue weighted by Gasteiger charge is -2.44. The molecule has 0 aromatic rings. The fourth-order valence-electron chi connectivity index (χ4n) is 6.48. The van der Waals surface area contributed by atoms with Crippen molar-refractivity contribution in [3.8, 4) is 0 Å². The molecule has 0 amide bonds. The minimum absolute atomic E-state index is 0.0787. The Kier molecular flexibility index (Phi) is 9.50. The highest BCUT2D eigenvalue weighted by Gasteiger charge is 2.52. The maximum atomic E-state index is 13.4. The number of ketones is 2. The summed E-state index contributed by atoms with van der Waals surface area (Å²) in [6.07, 6.45) is 3.77. The maximum absolute atomic E-state index is 13.4. The van der Waals surface area contributed by atoms with Crippen LogP contribution in [0.15, 0.2) is 23.5 Å². The number of Topliss-reactive ketones (excluding diaryl/α,β-unsaturated/α-hetero) is 2. The highest BCUT2D eigenvalue weighted by Crippen LogP contribution is 2.45. The van der Waals surface area contributed by atoms with E-state index in [1.165, 1.54) is 14.0 Å². The Labute approximate surface area is 206 Å². The van der Waals surface area contributed by atoms with Crippen LogP contribution in [-0.4, -0.2) is 45.7 Å². The lowest BCUT2D eigenvalue weighted by atomic mass is 9.62. The molecule has 0 bridgehead atoms. The van der Waals surface area contributed by atoms with Crippen LogP contribution in [0.3, 0.4) is 0 Å². The molecule has 7 heteroatoms. The molecule has 0 unspecified atom stereocenters. The van der Waals surface area contributed by atoms with E-state index in [2.05, 4.69) is 48.5 Å². The zero-order valence-corrected chi connectivity index (χ0v) is 23.6. The molecular formula is C27H44O6Si. The van der Waals surface area contributed by atoms with Crippen LogP contribution in [-0.2, 0) is 28.3 Å². The number of carbonyl (C=O) groups excluding carboxylic acids is 3. The maximum Gasteiger partial charge on any atom is 0.303 e. The Morgan fingerprint density at radius 1 is 0.941 bits per heavy atom. The van der Waals surface area contributed by atoms with Gasteiger partial charge in [0.15, 0.2) is 19.9 Å². The van der Waals surface area contributed by atoms with Crippen molar-refractivity contribution >= 4 is 25.9 Å². The van der Waals surface area contributed by atoms with Crippen molar-refractivity contribution in [3.05, 3.63) is 23.5 Å². The molecule has 0 heterocycles. The van der Waals surface area contributed by atoms with Crippen LogP contribution in [0.1, 0.15) is 68.7 Å². The van der Waals surface area contributed by atoms with Gasteiger partial charge in [0, 0.05) is 25.0 Å². The molecule has 0 fully saturated rings. The zero-order chi connectivity index (χ0) is 26.0. The minimum atomic E-state index is -1.98. The molecule has 0 saturated carbocycles. The van der Waals surface area contributed by atoms with Crippen molar-refractivity contribution in [3.63, 3.8) is 0 Å². The molecule has 0 aromatic carbocycles. The van der Waals surface area contributed by atoms with Crippen molar-refractivity contribution in [2.24, 2.45) is 23.7 Å². The molecule has 34 heavy (non-hydrogen) atoms. The Balaban J connectivity index is 2.30. The first kappa shape index (κ1) is 28.5. The summed E-state index contributed by atoms with van der Waals surface area (Å²) in [5, 5.41) is 0. The summed E-state index contributed by atoms with van der Waals surface area (Å²) in [5.41, 5.74) is 1.86. The molecular weight excluding hydrogens is 448 g/mol. The first-order valence-electron chi connectivity index (χ1n) is 12.6. The number of rotatable bonds is 10. The monoisotopic (exact) mass is 492 g/mol. The van der Waals surface area contributed by atoms with Gasteiger partial charge < -0.3 is 13.9 Å². The standard InChI is InChI=1S/C27H44O6Si/c1-15(2)34(16(3)4,17(5)6)32-14-13-18(7)21-11-12-22(33-20(9)28)24-23(21)25(29)19(8)27(31-10)26(24)30/h11-12,15-18,21-24H,13-14H2,1-10H3/t18-,21-,22-,23+,24-/m0/s1. The van der Waals surface area contributed by atoms with E-state index in [-0.39, 0.29) is 29.2 Å². The van der Waals surface area contributed by atoms with Gasteiger partial charge in [-0.05, 0) is 47.9 Å². The van der Waals surface area contributed by atoms with Crippen molar-refractivity contribution in [1.29, 1.82) is 0 Å². The summed E-state index contributed by atoms with van der Waals surface area (Å²) in [6, 6.07) is 0. The summed E-state index contributed by atoms with van der Waals surface area (Å²) in [7, 11) is -0.580. The Morgan fingerprint density at radius 2 is 1.50 bits per heavy atom. The number of ether oxygens (including phenoxy) is 2. The van der Waals surface area contributed by atoms with E-state index >= 15 is 0 Å². The van der Waals surface area contributed by atoms with Crippen LogP contribution in [0.4, 0.5) is 0 Å². The first-order chi connectivity index (χ1) is 15.8. The Bertz CT molecular complexity index is 818. The van der Waals surface area contributed by atoms with Gasteiger partial charge in [0.25, 0.3) is 0 Å². The van der Waals surface area contributed by atoms with Crippen LogP contribution in [0, 0.1) is 23.7 Å². The van der Waals surface area contributed by atoms with Crippen LogP contribution in [0.5, 0.6) is 0 Å². The van der Waals surface area contributed by atoms with E-state index in [1.54, 1.807) is 13.0 Å². The summed E-state index contributed by atoms with van der Waals surface area (Å²) >= 11 is 0. The van der Waals surface area contributed by atoms with Gasteiger partial charge in [0.1, 0.15) is 6.10 Å². The number of esters is 1. The number of hydrogen-bond donors (Lipinski definition) is 0. The average Bonchev–Trinajstić information content (AvgIpc) is 2.73. The van der Waals surface area contributed by atoms with Crippen molar-refractivity contribution in [1.82, 2.24) is 0 Å². The topological polar surface area (TPSA) is 78.9 Å². The van der Waals surface area contributed by atoms with E-state index in [9.17, 15) is 14.4 Å². The predicted molar refractivity (Wildman–Crippen MR) is 136 cm³/mol. The van der Waals surface area contributed by atoms with E-state index < -0.39 is 32.2 Å². The van der Waals surface area contributed by atoms with E-state index in [1.807, 2.05) is 6.08 Å². The predicted octanol–water partition coefficient (Wildman–Crippen LogP) is 5.63. The second-order valence-corrected chi connectivity index (χ2v) is 16.4. The third-order valence-corrected chi connectivity index (χ3v) is 14.1. The summed E-state index contributed by atoms with van der Waals surface area (Å²) in [4.78, 5) is 38.4. The van der Waals surface area contributed by atoms with Crippen LogP contribution >= 0.6 is 0 Å². The molecule has 2 rings (SSSR count). The molecule has 5 atom stereocenters. The third-order valence-electron chi connectivity index (χ3n) is 8.01. The molecule has 192 valence electrons. The van der Waals surface area contributed by atoms with E-state index in [0.29, 0.717) is 28.8 Å². The molecule has 2 aliphatic rings. The molecule has 0 radical (unpaired) electrons. The van der Waals surface area contributed by atoms with Gasteiger partial charge in [-0.3, -0.25) is 14.4 Å². The second-order valence-electron chi connectivity index (χ2n) is 10.9. The molecule has 2 aliphatic carbocycles. The summed E-state index contributed by atoms with van der Waals surface area (Å²) in [6.45, 7) is 19.3. The fourth-order valence-corrected chi connectivity index (χ4v) is 12.0. The lowest BCUT2D eigenvalue weighted by molar-refractivity contribution is -0.154. The van der Waals surface area contributed by atoms with Gasteiger partial charge in [0.05, 0.1) is 13.0 Å². The number of fused-ring (bicyclic) bond motifs is 1. The number of methoxy groups -OCH3 is 1. The van der Waals surface area contributed by atoms with Crippen molar-refractivity contribution < 1.29 is 28.3 Å². The Morgan fingerprint density at radius 3 is 1.97 bits per heavy atom. The molecule has 6 nitrogen and oxygen atoms in total. The van der Waals surface area contributed by atoms with Gasteiger partial charge in [-0.2, -0.15) is 0 Å². The summed E-state index contributed by atoms with van der Waals surface area (Å²) < 4.78 is 17.5. The number of carbonyl (C=O) groups is 3. The van der Waals surface area contributed by atoms with Gasteiger partial charge >= 0.3 is 5.97 Å². The van der Waals surface area contributed by atoms with Crippen molar-refractivity contribution in [2.75, 3.05) is 13.7 Å². The second kappa shape index (κ2) is 11.3. The van der Waals surface area contributed by atoms with Crippen LogP contribution in [0.25, 0.3) is 0 Å². The molecule has 0 saturated heterocycles. The fraction of sp³-hybridized carbons (Fsp3) is 0.741. The minimum Gasteiger partial charge on any atom is -0.493 e. The van der Waals surface area contributed by atoms with Gasteiger partial charge in [-0.1, -0.05) is 54.5 Å². The first-order valence-corrected chi connectivity index (χ1v) is 14.8. The smallest absolute Gasteiger partial charge is 0.303 e. The number of hydrogen-bond acceptors (Lipinski definition) is 6. The van der Waals surface area contributed by atoms with Gasteiger partial charge in [0.2, 0.25) is 5.78 Å². The van der Waals surface area contributed by atoms with Gasteiger partial charge in [-0.25, -0.2) is 0 Å². The van der Waals surface area contributed by atoms with Crippen LogP contribution < -0.4 is 0 Å². The van der Waals surface area contributed by atoms with E-state index in [4.69, 9.17) is 13.9 Å². The molecule has 0 spiro atoms. The highest BCUT2D eigenvalue weighted by atomic mass is 28.4. The average molecular weight is 493 g/mol. The molecule has 0 aliphatic heterocycles. The Hall–Kier alpha value is -1.73. The summed E-state index contributed by atoms with van der Waals surface area (Å²) in [5.74, 6) is -2.11. The van der Waals surface area contributed by atoms with Crippen molar-refractivity contribution in [2.45, 2.75) is 91.5 Å². The SMILES string of the molecule is COC1=C(C)C(=O)[C@@H]2[C@H]([C@@H](C)CCO[Si](C(C)C)(C(C)C)C(C)C)C=C[C@H](OC(C)=O)[C@@H]2C1=O. The normalized spacial score (nSPS) is 26.4. The van der Waals surface area contributed by atoms with Crippen LogP contribution in [0.2, 0.25) is 16.6 Å². The van der Waals surface area contributed by atoms with Gasteiger partial charge in [-0.15, -0.1) is 0 Å². The highest BCUT2D eigenvalue weighted by molar-refractivity contribution is 6.77. The van der Waals surface area contributed by atoms with E-state index in [0.717, 1.165) is 6.42 Å². The largest absolute Gasteiger partial charge is 0.493 e. The lowest BCUT2D eigenvalue weighted by Crippen LogP contribution is -2.51.